The molecule has 0 aliphatic carbocycles. The SMILES string of the molecule is CCNC(=NCCc1ccc(I)s1)N(C)CCC1CCOCC1.I. The fraction of sp³-hybridized carbons (Fsp3) is 0.706. The predicted molar refractivity (Wildman–Crippen MR) is 123 cm³/mol. The molecule has 7 heteroatoms. The summed E-state index contributed by atoms with van der Waals surface area (Å²) in [6.45, 7) is 6.82. The van der Waals surface area contributed by atoms with Crippen LogP contribution in [-0.2, 0) is 11.2 Å². The van der Waals surface area contributed by atoms with Crippen LogP contribution in [0.4, 0.5) is 0 Å². The molecule has 2 heterocycles. The summed E-state index contributed by atoms with van der Waals surface area (Å²) in [6.07, 6.45) is 4.67. The van der Waals surface area contributed by atoms with Gasteiger partial charge in [-0.1, -0.05) is 0 Å². The van der Waals surface area contributed by atoms with E-state index in [2.05, 4.69) is 58.9 Å². The van der Waals surface area contributed by atoms with Crippen molar-refractivity contribution in [2.75, 3.05) is 39.9 Å². The lowest BCUT2D eigenvalue weighted by atomic mass is 9.96. The third-order valence-electron chi connectivity index (χ3n) is 4.16. The van der Waals surface area contributed by atoms with Crippen LogP contribution in [-0.4, -0.2) is 50.8 Å². The van der Waals surface area contributed by atoms with Crippen molar-refractivity contribution in [2.45, 2.75) is 32.6 Å². The summed E-state index contributed by atoms with van der Waals surface area (Å²) in [7, 11) is 2.15. The smallest absolute Gasteiger partial charge is 0.193 e. The normalized spacial score (nSPS) is 15.9. The summed E-state index contributed by atoms with van der Waals surface area (Å²) >= 11 is 4.24. The van der Waals surface area contributed by atoms with Gasteiger partial charge >= 0.3 is 0 Å². The molecule has 4 nitrogen and oxygen atoms in total. The molecule has 1 N–H and O–H groups in total. The Labute approximate surface area is 181 Å². The van der Waals surface area contributed by atoms with Crippen molar-refractivity contribution in [3.63, 3.8) is 0 Å². The van der Waals surface area contributed by atoms with E-state index < -0.39 is 0 Å². The number of nitrogens with one attached hydrogen (secondary N) is 1. The lowest BCUT2D eigenvalue weighted by Gasteiger charge is -2.26. The zero-order chi connectivity index (χ0) is 16.5. The van der Waals surface area contributed by atoms with E-state index in [1.54, 1.807) is 0 Å². The molecule has 0 radical (unpaired) electrons. The number of ether oxygens (including phenoxy) is 1. The Bertz CT molecular complexity index is 490. The van der Waals surface area contributed by atoms with Crippen LogP contribution in [0.15, 0.2) is 17.1 Å². The molecule has 0 spiro atoms. The highest BCUT2D eigenvalue weighted by atomic mass is 127. The van der Waals surface area contributed by atoms with Gasteiger partial charge in [0.25, 0.3) is 0 Å². The number of rotatable bonds is 7. The molecule has 1 aromatic rings. The summed E-state index contributed by atoms with van der Waals surface area (Å²) in [4.78, 5) is 8.48. The van der Waals surface area contributed by atoms with Gasteiger partial charge in [0.2, 0.25) is 0 Å². The number of hydrogen-bond donors (Lipinski definition) is 1. The number of hydrogen-bond acceptors (Lipinski definition) is 3. The number of halogens is 2. The van der Waals surface area contributed by atoms with Crippen molar-refractivity contribution < 1.29 is 4.74 Å². The Morgan fingerprint density at radius 1 is 1.42 bits per heavy atom. The third-order valence-corrected chi connectivity index (χ3v) is 6.11. The van der Waals surface area contributed by atoms with Crippen LogP contribution in [0.25, 0.3) is 0 Å². The molecule has 138 valence electrons. The number of guanidine groups is 1. The van der Waals surface area contributed by atoms with Crippen molar-refractivity contribution in [1.29, 1.82) is 0 Å². The number of nitrogens with zero attached hydrogens (tertiary/aromatic N) is 2. The van der Waals surface area contributed by atoms with Gasteiger partial charge in [-0.3, -0.25) is 4.99 Å². The molecule has 24 heavy (non-hydrogen) atoms. The largest absolute Gasteiger partial charge is 0.381 e. The van der Waals surface area contributed by atoms with Crippen LogP contribution < -0.4 is 5.32 Å². The molecule has 0 amide bonds. The van der Waals surface area contributed by atoms with E-state index in [1.807, 2.05) is 11.3 Å². The van der Waals surface area contributed by atoms with E-state index in [9.17, 15) is 0 Å². The first kappa shape index (κ1) is 22.4. The van der Waals surface area contributed by atoms with Crippen LogP contribution in [0.2, 0.25) is 0 Å². The van der Waals surface area contributed by atoms with Crippen LogP contribution >= 0.6 is 57.9 Å². The van der Waals surface area contributed by atoms with Crippen molar-refractivity contribution in [2.24, 2.45) is 10.9 Å². The standard InChI is InChI=1S/C17H28IN3OS.HI/c1-3-19-17(20-10-6-15-4-5-16(18)23-15)21(2)11-7-14-8-12-22-13-9-14;/h4-5,14H,3,6-13H2,1-2H3,(H,19,20);1H. The topological polar surface area (TPSA) is 36.9 Å². The van der Waals surface area contributed by atoms with E-state index >= 15 is 0 Å². The first-order chi connectivity index (χ1) is 11.2. The fourth-order valence-electron chi connectivity index (χ4n) is 2.74. The van der Waals surface area contributed by atoms with Crippen molar-refractivity contribution >= 4 is 63.9 Å². The summed E-state index contributed by atoms with van der Waals surface area (Å²) < 4.78 is 6.79. The maximum absolute atomic E-state index is 5.44. The van der Waals surface area contributed by atoms with E-state index in [-0.39, 0.29) is 24.0 Å². The molecule has 2 rings (SSSR count). The molecule has 1 fully saturated rings. The van der Waals surface area contributed by atoms with Crippen molar-refractivity contribution in [3.8, 4) is 0 Å². The van der Waals surface area contributed by atoms with Gasteiger partial charge in [-0.25, -0.2) is 0 Å². The van der Waals surface area contributed by atoms with Gasteiger partial charge in [0.1, 0.15) is 0 Å². The first-order valence-electron chi connectivity index (χ1n) is 8.50. The highest BCUT2D eigenvalue weighted by Crippen LogP contribution is 2.19. The predicted octanol–water partition coefficient (Wildman–Crippen LogP) is 4.23. The minimum Gasteiger partial charge on any atom is -0.381 e. The van der Waals surface area contributed by atoms with Crippen LogP contribution in [0.1, 0.15) is 31.1 Å². The van der Waals surface area contributed by atoms with E-state index in [1.165, 1.54) is 27.0 Å². The lowest BCUT2D eigenvalue weighted by Crippen LogP contribution is -2.40. The molecule has 0 unspecified atom stereocenters. The number of thiophene rings is 1. The summed E-state index contributed by atoms with van der Waals surface area (Å²) in [5, 5.41) is 3.41. The monoisotopic (exact) mass is 577 g/mol. The molecule has 0 atom stereocenters. The van der Waals surface area contributed by atoms with E-state index in [0.717, 1.165) is 51.1 Å². The fourth-order valence-corrected chi connectivity index (χ4v) is 4.49. The van der Waals surface area contributed by atoms with Crippen LogP contribution in [0, 0.1) is 8.80 Å². The Morgan fingerprint density at radius 3 is 2.79 bits per heavy atom. The van der Waals surface area contributed by atoms with E-state index in [4.69, 9.17) is 9.73 Å². The zero-order valence-electron chi connectivity index (χ0n) is 14.6. The van der Waals surface area contributed by atoms with Gasteiger partial charge in [0.15, 0.2) is 5.96 Å². The van der Waals surface area contributed by atoms with Crippen LogP contribution in [0.5, 0.6) is 0 Å². The minimum absolute atomic E-state index is 0. The average Bonchev–Trinajstić information content (AvgIpc) is 2.98. The summed E-state index contributed by atoms with van der Waals surface area (Å²) in [5.74, 6) is 1.84. The van der Waals surface area contributed by atoms with E-state index in [0.29, 0.717) is 0 Å². The number of aliphatic imine (C=N–C) groups is 1. The van der Waals surface area contributed by atoms with Gasteiger partial charge in [0, 0.05) is 51.2 Å². The van der Waals surface area contributed by atoms with Crippen LogP contribution in [0.3, 0.4) is 0 Å². The second-order valence-corrected chi connectivity index (χ2v) is 9.02. The minimum atomic E-state index is 0. The maximum Gasteiger partial charge on any atom is 0.193 e. The first-order valence-corrected chi connectivity index (χ1v) is 10.4. The molecule has 1 saturated heterocycles. The molecule has 0 saturated carbocycles. The molecule has 1 aromatic heterocycles. The van der Waals surface area contributed by atoms with Gasteiger partial charge in [0.05, 0.1) is 2.88 Å². The maximum atomic E-state index is 5.44. The Balaban J connectivity index is 0.00000288. The summed E-state index contributed by atoms with van der Waals surface area (Å²) in [6, 6.07) is 4.39. The average molecular weight is 577 g/mol. The van der Waals surface area contributed by atoms with Gasteiger partial charge in [-0.15, -0.1) is 35.3 Å². The van der Waals surface area contributed by atoms with Gasteiger partial charge in [-0.2, -0.15) is 0 Å². The van der Waals surface area contributed by atoms with Crippen molar-refractivity contribution in [3.05, 3.63) is 19.9 Å². The van der Waals surface area contributed by atoms with Gasteiger partial charge in [-0.05, 0) is 66.8 Å². The molecule has 0 bridgehead atoms. The highest BCUT2D eigenvalue weighted by Gasteiger charge is 2.15. The summed E-state index contributed by atoms with van der Waals surface area (Å²) in [5.41, 5.74) is 0. The third kappa shape index (κ3) is 8.18. The second-order valence-electron chi connectivity index (χ2n) is 5.96. The molecular weight excluding hydrogens is 548 g/mol. The molecule has 0 aromatic carbocycles. The molecular formula is C17H29I2N3OS. The van der Waals surface area contributed by atoms with Crippen molar-refractivity contribution in [1.82, 2.24) is 10.2 Å². The Morgan fingerprint density at radius 2 is 2.17 bits per heavy atom. The Kier molecular flexibility index (Phi) is 11.9. The highest BCUT2D eigenvalue weighted by molar-refractivity contribution is 14.1. The van der Waals surface area contributed by atoms with Gasteiger partial charge < -0.3 is 15.0 Å². The molecule has 1 aliphatic heterocycles. The molecule has 1 aliphatic rings. The quantitative estimate of drug-likeness (QED) is 0.300. The Hall–Kier alpha value is 0.390. The zero-order valence-corrected chi connectivity index (χ0v) is 19.9. The second kappa shape index (κ2) is 12.7. The lowest BCUT2D eigenvalue weighted by molar-refractivity contribution is 0.0625.